The van der Waals surface area contributed by atoms with Crippen molar-refractivity contribution >= 4 is 11.7 Å². The molecular weight excluding hydrogens is 344 g/mol. The first-order valence-electron chi connectivity index (χ1n) is 9.64. The number of aryl methyl sites for hydroxylation is 1. The molecule has 0 aromatic carbocycles. The fraction of sp³-hybridized carbons (Fsp3) is 0.550. The van der Waals surface area contributed by atoms with Crippen LogP contribution in [-0.2, 0) is 4.74 Å². The van der Waals surface area contributed by atoms with Gasteiger partial charge in [0.05, 0.1) is 19.5 Å². The fourth-order valence-electron chi connectivity index (χ4n) is 3.80. The van der Waals surface area contributed by atoms with Crippen molar-refractivity contribution in [2.24, 2.45) is 0 Å². The zero-order valence-electron chi connectivity index (χ0n) is 16.0. The SMILES string of the molecule is Cc1nc(C2CCN(C(=O)c3ccco3)CC2)nc(N2CCOCC2)c1C. The van der Waals surface area contributed by atoms with E-state index in [1.165, 1.54) is 6.26 Å². The number of nitrogens with zero attached hydrogens (tertiary/aromatic N) is 4. The molecule has 2 aliphatic rings. The number of anilines is 1. The van der Waals surface area contributed by atoms with Crippen molar-refractivity contribution < 1.29 is 13.9 Å². The quantitative estimate of drug-likeness (QED) is 0.827. The number of furan rings is 1. The number of likely N-dealkylation sites (tertiary alicyclic amines) is 1. The van der Waals surface area contributed by atoms with Gasteiger partial charge in [0.1, 0.15) is 11.6 Å². The van der Waals surface area contributed by atoms with Crippen LogP contribution < -0.4 is 4.90 Å². The van der Waals surface area contributed by atoms with Gasteiger partial charge in [-0.25, -0.2) is 9.97 Å². The van der Waals surface area contributed by atoms with Gasteiger partial charge in [0.2, 0.25) is 0 Å². The minimum absolute atomic E-state index is 0.0338. The molecule has 2 aliphatic heterocycles. The lowest BCUT2D eigenvalue weighted by molar-refractivity contribution is 0.0679. The second-order valence-electron chi connectivity index (χ2n) is 7.26. The minimum atomic E-state index is -0.0338. The molecule has 144 valence electrons. The number of ether oxygens (including phenoxy) is 1. The highest BCUT2D eigenvalue weighted by atomic mass is 16.5. The number of hydrogen-bond acceptors (Lipinski definition) is 6. The molecule has 7 heteroatoms. The van der Waals surface area contributed by atoms with Gasteiger partial charge in [0.15, 0.2) is 5.76 Å². The Hall–Kier alpha value is -2.41. The number of piperidine rings is 1. The standard InChI is InChI=1S/C20H26N4O3/c1-14-15(2)21-18(22-19(14)23-9-12-26-13-10-23)16-5-7-24(8-6-16)20(25)17-4-3-11-27-17/h3-4,11,16H,5-10,12-13H2,1-2H3. The molecule has 2 aromatic rings. The van der Waals surface area contributed by atoms with Gasteiger partial charge >= 0.3 is 0 Å². The van der Waals surface area contributed by atoms with E-state index in [-0.39, 0.29) is 11.8 Å². The van der Waals surface area contributed by atoms with E-state index in [1.807, 2.05) is 4.90 Å². The van der Waals surface area contributed by atoms with E-state index < -0.39 is 0 Å². The third kappa shape index (κ3) is 3.69. The molecule has 7 nitrogen and oxygen atoms in total. The first kappa shape index (κ1) is 18.0. The van der Waals surface area contributed by atoms with E-state index in [9.17, 15) is 4.79 Å². The number of amides is 1. The van der Waals surface area contributed by atoms with Gasteiger partial charge in [-0.2, -0.15) is 0 Å². The monoisotopic (exact) mass is 370 g/mol. The van der Waals surface area contributed by atoms with Crippen molar-refractivity contribution in [2.45, 2.75) is 32.6 Å². The lowest BCUT2D eigenvalue weighted by atomic mass is 9.95. The van der Waals surface area contributed by atoms with Gasteiger partial charge in [-0.05, 0) is 38.8 Å². The van der Waals surface area contributed by atoms with Crippen LogP contribution in [0.1, 0.15) is 46.4 Å². The molecule has 4 heterocycles. The molecule has 0 unspecified atom stereocenters. The summed E-state index contributed by atoms with van der Waals surface area (Å²) in [5.74, 6) is 2.60. The highest BCUT2D eigenvalue weighted by molar-refractivity contribution is 5.91. The van der Waals surface area contributed by atoms with Gasteiger partial charge < -0.3 is 19.0 Å². The Kier molecular flexibility index (Phi) is 5.11. The summed E-state index contributed by atoms with van der Waals surface area (Å²) in [4.78, 5) is 26.3. The second-order valence-corrected chi connectivity index (χ2v) is 7.26. The van der Waals surface area contributed by atoms with Crippen molar-refractivity contribution in [1.82, 2.24) is 14.9 Å². The molecule has 0 spiro atoms. The van der Waals surface area contributed by atoms with Crippen LogP contribution in [-0.4, -0.2) is 60.2 Å². The molecule has 2 fully saturated rings. The third-order valence-corrected chi connectivity index (χ3v) is 5.57. The number of morpholine rings is 1. The maximum atomic E-state index is 12.4. The molecule has 2 aromatic heterocycles. The maximum absolute atomic E-state index is 12.4. The molecule has 1 amide bonds. The molecule has 0 bridgehead atoms. The second kappa shape index (κ2) is 7.68. The van der Waals surface area contributed by atoms with Crippen LogP contribution in [0.3, 0.4) is 0 Å². The number of hydrogen-bond donors (Lipinski definition) is 0. The van der Waals surface area contributed by atoms with Crippen LogP contribution >= 0.6 is 0 Å². The number of rotatable bonds is 3. The zero-order valence-corrected chi connectivity index (χ0v) is 16.0. The Labute approximate surface area is 159 Å². The Morgan fingerprint density at radius 3 is 2.52 bits per heavy atom. The van der Waals surface area contributed by atoms with Gasteiger partial charge in [0, 0.05) is 43.4 Å². The van der Waals surface area contributed by atoms with Gasteiger partial charge in [0.25, 0.3) is 5.91 Å². The van der Waals surface area contributed by atoms with Crippen LogP contribution in [0.4, 0.5) is 5.82 Å². The van der Waals surface area contributed by atoms with E-state index in [4.69, 9.17) is 19.1 Å². The molecule has 2 saturated heterocycles. The molecular formula is C20H26N4O3. The van der Waals surface area contributed by atoms with Crippen LogP contribution in [0.15, 0.2) is 22.8 Å². The predicted octanol–water partition coefficient (Wildman–Crippen LogP) is 2.54. The van der Waals surface area contributed by atoms with Gasteiger partial charge in [-0.1, -0.05) is 0 Å². The van der Waals surface area contributed by atoms with E-state index >= 15 is 0 Å². The molecule has 0 N–H and O–H groups in total. The van der Waals surface area contributed by atoms with Crippen molar-refractivity contribution in [3.05, 3.63) is 41.2 Å². The summed E-state index contributed by atoms with van der Waals surface area (Å²) in [5.41, 5.74) is 2.18. The van der Waals surface area contributed by atoms with Crippen molar-refractivity contribution in [3.8, 4) is 0 Å². The molecule has 0 atom stereocenters. The van der Waals surface area contributed by atoms with Crippen molar-refractivity contribution in [2.75, 3.05) is 44.3 Å². The van der Waals surface area contributed by atoms with E-state index in [0.29, 0.717) is 18.8 Å². The number of aromatic nitrogens is 2. The maximum Gasteiger partial charge on any atom is 0.289 e. The summed E-state index contributed by atoms with van der Waals surface area (Å²) in [5, 5.41) is 0. The lowest BCUT2D eigenvalue weighted by Crippen LogP contribution is -2.39. The Morgan fingerprint density at radius 2 is 1.85 bits per heavy atom. The third-order valence-electron chi connectivity index (χ3n) is 5.57. The van der Waals surface area contributed by atoms with E-state index in [0.717, 1.165) is 62.0 Å². The Bertz CT molecular complexity index is 792. The zero-order chi connectivity index (χ0) is 18.8. The molecule has 0 radical (unpaired) electrons. The highest BCUT2D eigenvalue weighted by Gasteiger charge is 2.28. The van der Waals surface area contributed by atoms with Crippen LogP contribution in [0.25, 0.3) is 0 Å². The molecule has 4 rings (SSSR count). The van der Waals surface area contributed by atoms with Gasteiger partial charge in [-0.3, -0.25) is 4.79 Å². The number of carbonyl (C=O) groups is 1. The lowest BCUT2D eigenvalue weighted by Gasteiger charge is -2.33. The Balaban J connectivity index is 1.48. The summed E-state index contributed by atoms with van der Waals surface area (Å²) < 4.78 is 10.7. The molecule has 0 aliphatic carbocycles. The van der Waals surface area contributed by atoms with Crippen LogP contribution in [0.2, 0.25) is 0 Å². The fourth-order valence-corrected chi connectivity index (χ4v) is 3.80. The molecule has 0 saturated carbocycles. The largest absolute Gasteiger partial charge is 0.459 e. The Morgan fingerprint density at radius 1 is 1.11 bits per heavy atom. The van der Waals surface area contributed by atoms with E-state index in [2.05, 4.69) is 18.7 Å². The summed E-state index contributed by atoms with van der Waals surface area (Å²) in [7, 11) is 0. The first-order chi connectivity index (χ1) is 13.1. The van der Waals surface area contributed by atoms with Crippen LogP contribution in [0, 0.1) is 13.8 Å². The minimum Gasteiger partial charge on any atom is -0.459 e. The smallest absolute Gasteiger partial charge is 0.289 e. The van der Waals surface area contributed by atoms with Gasteiger partial charge in [-0.15, -0.1) is 0 Å². The summed E-state index contributed by atoms with van der Waals surface area (Å²) >= 11 is 0. The highest BCUT2D eigenvalue weighted by Crippen LogP contribution is 2.30. The van der Waals surface area contributed by atoms with Crippen molar-refractivity contribution in [3.63, 3.8) is 0 Å². The van der Waals surface area contributed by atoms with E-state index in [1.54, 1.807) is 12.1 Å². The number of carbonyl (C=O) groups excluding carboxylic acids is 1. The average Bonchev–Trinajstić information content (AvgIpc) is 3.25. The summed E-state index contributed by atoms with van der Waals surface area (Å²) in [6.07, 6.45) is 3.28. The topological polar surface area (TPSA) is 71.7 Å². The van der Waals surface area contributed by atoms with Crippen molar-refractivity contribution in [1.29, 1.82) is 0 Å². The first-order valence-corrected chi connectivity index (χ1v) is 9.64. The normalized spacial score (nSPS) is 18.7. The molecule has 27 heavy (non-hydrogen) atoms. The average molecular weight is 370 g/mol. The predicted molar refractivity (Wildman–Crippen MR) is 101 cm³/mol. The summed E-state index contributed by atoms with van der Waals surface area (Å²) in [6.45, 7) is 8.77. The van der Waals surface area contributed by atoms with Crippen LogP contribution in [0.5, 0.6) is 0 Å². The summed E-state index contributed by atoms with van der Waals surface area (Å²) in [6, 6.07) is 3.46.